The number of methoxy groups -OCH3 is 2. The van der Waals surface area contributed by atoms with E-state index >= 15 is 0 Å². The van der Waals surface area contributed by atoms with E-state index in [-0.39, 0.29) is 17.2 Å². The van der Waals surface area contributed by atoms with E-state index in [0.29, 0.717) is 6.42 Å². The molecule has 3 aromatic carbocycles. The van der Waals surface area contributed by atoms with Crippen molar-refractivity contribution in [2.45, 2.75) is 32.7 Å². The Bertz CT molecular complexity index is 1240. The lowest BCUT2D eigenvalue weighted by atomic mass is 9.67. The molecule has 3 aromatic rings. The summed E-state index contributed by atoms with van der Waals surface area (Å²) in [5.41, 5.74) is 5.06. The van der Waals surface area contributed by atoms with Gasteiger partial charge in [-0.2, -0.15) is 0 Å². The van der Waals surface area contributed by atoms with Crippen molar-refractivity contribution in [2.24, 2.45) is 5.41 Å². The van der Waals surface area contributed by atoms with Crippen LogP contribution in [0.15, 0.2) is 60.2 Å². The minimum absolute atomic E-state index is 0.0789. The smallest absolute Gasteiger partial charge is 0.162 e. The van der Waals surface area contributed by atoms with Crippen LogP contribution in [0.3, 0.4) is 0 Å². The minimum atomic E-state index is -0.280. The summed E-state index contributed by atoms with van der Waals surface area (Å²) in [6.07, 6.45) is 1.40. The molecule has 4 nitrogen and oxygen atoms in total. The number of hydrogen-bond donors (Lipinski definition) is 1. The van der Waals surface area contributed by atoms with Crippen LogP contribution < -0.4 is 14.8 Å². The molecule has 0 aromatic heterocycles. The Balaban J connectivity index is 1.81. The number of nitrogens with one attached hydrogen (secondary N) is 1. The Labute approximate surface area is 182 Å². The molecule has 0 saturated carbocycles. The van der Waals surface area contributed by atoms with Crippen LogP contribution in [-0.4, -0.2) is 20.0 Å². The van der Waals surface area contributed by atoms with Crippen molar-refractivity contribution in [2.75, 3.05) is 19.5 Å². The second-order valence-corrected chi connectivity index (χ2v) is 9.23. The van der Waals surface area contributed by atoms with Crippen LogP contribution in [0.25, 0.3) is 16.3 Å². The van der Waals surface area contributed by atoms with Crippen LogP contribution in [0.4, 0.5) is 5.69 Å². The molecule has 0 amide bonds. The number of anilines is 1. The molecule has 4 heteroatoms. The van der Waals surface area contributed by atoms with Gasteiger partial charge in [0.25, 0.3) is 0 Å². The monoisotopic (exact) mass is 413 g/mol. The average Bonchev–Trinajstić information content (AvgIpc) is 2.76. The molecule has 0 radical (unpaired) electrons. The third kappa shape index (κ3) is 3.18. The van der Waals surface area contributed by atoms with E-state index in [2.05, 4.69) is 55.6 Å². The molecular formula is C27H27NO3. The zero-order chi connectivity index (χ0) is 21.8. The summed E-state index contributed by atoms with van der Waals surface area (Å²) in [6.45, 7) is 4.37. The van der Waals surface area contributed by atoms with E-state index in [1.807, 2.05) is 18.2 Å². The molecule has 1 aliphatic carbocycles. The van der Waals surface area contributed by atoms with Crippen molar-refractivity contribution in [3.8, 4) is 11.5 Å². The molecule has 0 unspecified atom stereocenters. The van der Waals surface area contributed by atoms with E-state index in [0.717, 1.165) is 45.9 Å². The molecular weight excluding hydrogens is 386 g/mol. The molecule has 31 heavy (non-hydrogen) atoms. The number of hydrogen-bond acceptors (Lipinski definition) is 4. The van der Waals surface area contributed by atoms with E-state index in [9.17, 15) is 4.79 Å². The molecule has 1 atom stereocenters. The average molecular weight is 414 g/mol. The van der Waals surface area contributed by atoms with Crippen LogP contribution in [0, 0.1) is 5.41 Å². The Morgan fingerprint density at radius 1 is 0.968 bits per heavy atom. The fourth-order valence-corrected chi connectivity index (χ4v) is 5.14. The SMILES string of the molecule is COc1ccc(OC)c([C@H]2Nc3ccc4ccccc4c3C3=C2C(=O)CC(C)(C)C3)c1. The number of Topliss-reactive ketones (excluding diaryl/α,β-unsaturated/α-hetero) is 1. The summed E-state index contributed by atoms with van der Waals surface area (Å²) >= 11 is 0. The lowest BCUT2D eigenvalue weighted by Crippen LogP contribution is -2.33. The van der Waals surface area contributed by atoms with Crippen molar-refractivity contribution in [3.63, 3.8) is 0 Å². The van der Waals surface area contributed by atoms with Crippen molar-refractivity contribution < 1.29 is 14.3 Å². The molecule has 1 N–H and O–H groups in total. The van der Waals surface area contributed by atoms with Gasteiger partial charge in [-0.1, -0.05) is 44.2 Å². The quantitative estimate of drug-likeness (QED) is 0.558. The number of fused-ring (bicyclic) bond motifs is 4. The van der Waals surface area contributed by atoms with Gasteiger partial charge in [-0.15, -0.1) is 0 Å². The molecule has 1 heterocycles. The van der Waals surface area contributed by atoms with Gasteiger partial charge in [-0.3, -0.25) is 4.79 Å². The van der Waals surface area contributed by atoms with E-state index in [4.69, 9.17) is 9.47 Å². The molecule has 2 aliphatic rings. The number of carbonyl (C=O) groups is 1. The summed E-state index contributed by atoms with van der Waals surface area (Å²) in [4.78, 5) is 13.6. The van der Waals surface area contributed by atoms with Gasteiger partial charge in [0.05, 0.1) is 20.3 Å². The lowest BCUT2D eigenvalue weighted by molar-refractivity contribution is -0.118. The highest BCUT2D eigenvalue weighted by molar-refractivity contribution is 6.13. The zero-order valence-electron chi connectivity index (χ0n) is 18.4. The third-order valence-electron chi connectivity index (χ3n) is 6.49. The van der Waals surface area contributed by atoms with E-state index in [1.165, 1.54) is 10.8 Å². The maximum absolute atomic E-state index is 13.6. The van der Waals surface area contributed by atoms with Gasteiger partial charge in [0.15, 0.2) is 5.78 Å². The largest absolute Gasteiger partial charge is 0.497 e. The third-order valence-corrected chi connectivity index (χ3v) is 6.49. The molecule has 0 bridgehead atoms. The summed E-state index contributed by atoms with van der Waals surface area (Å²) in [6, 6.07) is 18.2. The maximum Gasteiger partial charge on any atom is 0.162 e. The molecule has 158 valence electrons. The standard InChI is InChI=1S/C27H27NO3/c1-27(2)14-20-24-18-8-6-5-7-16(18)9-11-21(24)28-26(25(20)22(29)15-27)19-13-17(30-3)10-12-23(19)31-4/h5-13,26,28H,14-15H2,1-4H3/t26-/m1/s1. The predicted octanol–water partition coefficient (Wildman–Crippen LogP) is 6.17. The summed E-state index contributed by atoms with van der Waals surface area (Å²) in [5, 5.41) is 6.04. The van der Waals surface area contributed by atoms with Crippen LogP contribution in [-0.2, 0) is 4.79 Å². The van der Waals surface area contributed by atoms with Crippen molar-refractivity contribution in [1.29, 1.82) is 0 Å². The highest BCUT2D eigenvalue weighted by Crippen LogP contribution is 2.53. The topological polar surface area (TPSA) is 47.6 Å². The van der Waals surface area contributed by atoms with Gasteiger partial charge >= 0.3 is 0 Å². The second kappa shape index (κ2) is 7.16. The number of carbonyl (C=O) groups excluding carboxylic acids is 1. The molecule has 0 saturated heterocycles. The Kier molecular flexibility index (Phi) is 4.54. The van der Waals surface area contributed by atoms with Crippen LogP contribution >= 0.6 is 0 Å². The minimum Gasteiger partial charge on any atom is -0.497 e. The Morgan fingerprint density at radius 3 is 2.55 bits per heavy atom. The first kappa shape index (κ1) is 19.7. The van der Waals surface area contributed by atoms with Gasteiger partial charge in [0, 0.05) is 28.8 Å². The maximum atomic E-state index is 13.6. The first-order valence-corrected chi connectivity index (χ1v) is 10.7. The fourth-order valence-electron chi connectivity index (χ4n) is 5.14. The fraction of sp³-hybridized carbons (Fsp3) is 0.296. The molecule has 5 rings (SSSR count). The van der Waals surface area contributed by atoms with Gasteiger partial charge in [0.2, 0.25) is 0 Å². The highest BCUT2D eigenvalue weighted by Gasteiger charge is 2.41. The van der Waals surface area contributed by atoms with Gasteiger partial charge in [-0.05, 0) is 52.4 Å². The predicted molar refractivity (Wildman–Crippen MR) is 125 cm³/mol. The van der Waals surface area contributed by atoms with Gasteiger partial charge < -0.3 is 14.8 Å². The van der Waals surface area contributed by atoms with Crippen LogP contribution in [0.2, 0.25) is 0 Å². The number of allylic oxidation sites excluding steroid dienone is 1. The van der Waals surface area contributed by atoms with Crippen molar-refractivity contribution in [1.82, 2.24) is 0 Å². The lowest BCUT2D eigenvalue weighted by Gasteiger charge is -2.40. The Hall–Kier alpha value is -3.27. The van der Waals surface area contributed by atoms with Gasteiger partial charge in [0.1, 0.15) is 11.5 Å². The number of ketones is 1. The first-order chi connectivity index (χ1) is 14.9. The first-order valence-electron chi connectivity index (χ1n) is 10.7. The molecule has 0 spiro atoms. The number of rotatable bonds is 3. The van der Waals surface area contributed by atoms with E-state index < -0.39 is 0 Å². The van der Waals surface area contributed by atoms with Crippen LogP contribution in [0.5, 0.6) is 11.5 Å². The second-order valence-electron chi connectivity index (χ2n) is 9.23. The van der Waals surface area contributed by atoms with Crippen molar-refractivity contribution in [3.05, 3.63) is 71.3 Å². The summed E-state index contributed by atoms with van der Waals surface area (Å²) in [7, 11) is 3.32. The molecule has 0 fully saturated rings. The van der Waals surface area contributed by atoms with Gasteiger partial charge in [-0.25, -0.2) is 0 Å². The Morgan fingerprint density at radius 2 is 1.77 bits per heavy atom. The number of benzene rings is 3. The zero-order valence-corrected chi connectivity index (χ0v) is 18.4. The summed E-state index contributed by atoms with van der Waals surface area (Å²) in [5.74, 6) is 1.69. The van der Waals surface area contributed by atoms with E-state index in [1.54, 1.807) is 14.2 Å². The summed E-state index contributed by atoms with van der Waals surface area (Å²) < 4.78 is 11.2. The number of ether oxygens (including phenoxy) is 2. The van der Waals surface area contributed by atoms with Crippen molar-refractivity contribution >= 4 is 27.8 Å². The highest BCUT2D eigenvalue weighted by atomic mass is 16.5. The molecule has 1 aliphatic heterocycles. The van der Waals surface area contributed by atoms with Crippen LogP contribution in [0.1, 0.15) is 43.9 Å². The normalized spacial score (nSPS) is 19.5.